The lowest BCUT2D eigenvalue weighted by atomic mass is 10.1. The quantitative estimate of drug-likeness (QED) is 0.834. The van der Waals surface area contributed by atoms with E-state index in [0.29, 0.717) is 10.8 Å². The van der Waals surface area contributed by atoms with Crippen LogP contribution in [0, 0.1) is 5.92 Å². The second-order valence-corrected chi connectivity index (χ2v) is 9.02. The average molecular weight is 379 g/mol. The van der Waals surface area contributed by atoms with Crippen molar-refractivity contribution >= 4 is 37.3 Å². The minimum atomic E-state index is -3.52. The van der Waals surface area contributed by atoms with Crippen molar-refractivity contribution in [2.75, 3.05) is 0 Å². The molecule has 0 aliphatic carbocycles. The standard InChI is InChI=1S/C11H15BrN4O2S2/c1-8(2)9(7-16-13-5-6-14-16)15-20(17,18)11-4-3-10(12)19-11/h3-6,8-9,15H,7H2,1-2H3. The van der Waals surface area contributed by atoms with Crippen LogP contribution < -0.4 is 4.72 Å². The zero-order valence-corrected chi connectivity index (χ0v) is 14.2. The molecule has 0 saturated carbocycles. The van der Waals surface area contributed by atoms with Crippen LogP contribution in [0.2, 0.25) is 0 Å². The Morgan fingerprint density at radius 3 is 2.50 bits per heavy atom. The van der Waals surface area contributed by atoms with Gasteiger partial charge in [0, 0.05) is 6.04 Å². The summed E-state index contributed by atoms with van der Waals surface area (Å²) < 4.78 is 28.4. The molecule has 0 saturated heterocycles. The molecule has 0 bridgehead atoms. The van der Waals surface area contributed by atoms with Crippen molar-refractivity contribution in [2.45, 2.75) is 30.6 Å². The summed E-state index contributed by atoms with van der Waals surface area (Å²) in [6, 6.07) is 3.03. The van der Waals surface area contributed by atoms with Gasteiger partial charge >= 0.3 is 0 Å². The predicted octanol–water partition coefficient (Wildman–Crippen LogP) is 2.11. The van der Waals surface area contributed by atoms with E-state index in [1.807, 2.05) is 13.8 Å². The van der Waals surface area contributed by atoms with Crippen LogP contribution in [-0.2, 0) is 16.6 Å². The van der Waals surface area contributed by atoms with E-state index in [4.69, 9.17) is 0 Å². The molecule has 1 atom stereocenters. The average Bonchev–Trinajstić information content (AvgIpc) is 2.99. The monoisotopic (exact) mass is 378 g/mol. The molecule has 6 nitrogen and oxygen atoms in total. The summed E-state index contributed by atoms with van der Waals surface area (Å²) in [7, 11) is -3.52. The lowest BCUT2D eigenvalue weighted by Crippen LogP contribution is -2.41. The molecule has 1 N–H and O–H groups in total. The molecule has 2 aromatic rings. The maximum absolute atomic E-state index is 12.3. The van der Waals surface area contributed by atoms with Crippen molar-refractivity contribution in [1.29, 1.82) is 0 Å². The molecule has 0 aromatic carbocycles. The van der Waals surface area contributed by atoms with Gasteiger partial charge in [0.25, 0.3) is 0 Å². The third-order valence-corrected chi connectivity index (χ3v) is 6.36. The number of sulfonamides is 1. The van der Waals surface area contributed by atoms with Crippen LogP contribution in [0.4, 0.5) is 0 Å². The van der Waals surface area contributed by atoms with Gasteiger partial charge in [-0.15, -0.1) is 11.3 Å². The number of rotatable bonds is 6. The molecule has 1 unspecified atom stereocenters. The SMILES string of the molecule is CC(C)C(Cn1nccn1)NS(=O)(=O)c1ccc(Br)s1. The Morgan fingerprint density at radius 2 is 2.00 bits per heavy atom. The summed E-state index contributed by atoms with van der Waals surface area (Å²) in [5.74, 6) is 0.124. The minimum Gasteiger partial charge on any atom is -0.206 e. The van der Waals surface area contributed by atoms with Gasteiger partial charge in [0.05, 0.1) is 22.7 Å². The molecule has 9 heteroatoms. The van der Waals surface area contributed by atoms with Crippen molar-refractivity contribution in [3.8, 4) is 0 Å². The molecule has 0 amide bonds. The number of thiophene rings is 1. The number of halogens is 1. The first-order valence-corrected chi connectivity index (χ1v) is 9.09. The van der Waals surface area contributed by atoms with Gasteiger partial charge < -0.3 is 0 Å². The van der Waals surface area contributed by atoms with Crippen molar-refractivity contribution in [2.24, 2.45) is 5.92 Å². The van der Waals surface area contributed by atoms with E-state index in [1.54, 1.807) is 24.5 Å². The summed E-state index contributed by atoms with van der Waals surface area (Å²) in [4.78, 5) is 1.48. The molecule has 0 fully saturated rings. The first-order valence-electron chi connectivity index (χ1n) is 6.00. The third-order valence-electron chi connectivity index (χ3n) is 2.75. The Bertz CT molecular complexity index is 652. The molecule has 0 radical (unpaired) electrons. The fraction of sp³-hybridized carbons (Fsp3) is 0.455. The number of hydrogen-bond donors (Lipinski definition) is 1. The van der Waals surface area contributed by atoms with Crippen LogP contribution in [0.1, 0.15) is 13.8 Å². The van der Waals surface area contributed by atoms with E-state index in [1.165, 1.54) is 16.1 Å². The summed E-state index contributed by atoms with van der Waals surface area (Å²) in [5, 5.41) is 8.02. The second kappa shape index (κ2) is 6.33. The minimum absolute atomic E-state index is 0.124. The highest BCUT2D eigenvalue weighted by molar-refractivity contribution is 9.11. The van der Waals surface area contributed by atoms with Gasteiger partial charge in [0.2, 0.25) is 10.0 Å². The van der Waals surface area contributed by atoms with Crippen LogP contribution >= 0.6 is 27.3 Å². The molecule has 0 aliphatic heterocycles. The van der Waals surface area contributed by atoms with Crippen LogP contribution in [0.3, 0.4) is 0 Å². The molecular weight excluding hydrogens is 364 g/mol. The zero-order chi connectivity index (χ0) is 14.8. The Labute approximate surface area is 130 Å². The first-order chi connectivity index (χ1) is 9.38. The first kappa shape index (κ1) is 15.6. The van der Waals surface area contributed by atoms with E-state index in [2.05, 4.69) is 30.8 Å². The second-order valence-electron chi connectivity index (χ2n) is 4.61. The van der Waals surface area contributed by atoms with Crippen LogP contribution in [-0.4, -0.2) is 29.5 Å². The summed E-state index contributed by atoms with van der Waals surface area (Å²) in [6.07, 6.45) is 3.14. The van der Waals surface area contributed by atoms with E-state index >= 15 is 0 Å². The molecule has 20 heavy (non-hydrogen) atoms. The maximum atomic E-state index is 12.3. The van der Waals surface area contributed by atoms with Gasteiger partial charge in [-0.25, -0.2) is 13.1 Å². The fourth-order valence-corrected chi connectivity index (χ4v) is 5.00. The fourth-order valence-electron chi connectivity index (χ4n) is 1.60. The Morgan fingerprint density at radius 1 is 1.35 bits per heavy atom. The van der Waals surface area contributed by atoms with Crippen LogP contribution in [0.25, 0.3) is 0 Å². The topological polar surface area (TPSA) is 76.9 Å². The predicted molar refractivity (Wildman–Crippen MR) is 81.0 cm³/mol. The van der Waals surface area contributed by atoms with Gasteiger partial charge in [-0.1, -0.05) is 13.8 Å². The summed E-state index contributed by atoms with van der Waals surface area (Å²) in [5.41, 5.74) is 0. The van der Waals surface area contributed by atoms with Crippen LogP contribution in [0.15, 0.2) is 32.5 Å². The van der Waals surface area contributed by atoms with Crippen molar-refractivity contribution in [3.63, 3.8) is 0 Å². The smallest absolute Gasteiger partial charge is 0.206 e. The number of aromatic nitrogens is 3. The van der Waals surface area contributed by atoms with Gasteiger partial charge in [-0.3, -0.25) is 0 Å². The van der Waals surface area contributed by atoms with Crippen molar-refractivity contribution < 1.29 is 8.42 Å². The summed E-state index contributed by atoms with van der Waals surface area (Å²) in [6.45, 7) is 4.32. The molecular formula is C11H15BrN4O2S2. The highest BCUT2D eigenvalue weighted by Crippen LogP contribution is 2.26. The van der Waals surface area contributed by atoms with Gasteiger partial charge in [-0.05, 0) is 34.0 Å². The Hall–Kier alpha value is -0.770. The van der Waals surface area contributed by atoms with Crippen LogP contribution in [0.5, 0.6) is 0 Å². The molecule has 0 spiro atoms. The highest BCUT2D eigenvalue weighted by atomic mass is 79.9. The maximum Gasteiger partial charge on any atom is 0.250 e. The lowest BCUT2D eigenvalue weighted by molar-refractivity contribution is 0.361. The number of hydrogen-bond acceptors (Lipinski definition) is 5. The normalized spacial score (nSPS) is 13.8. The molecule has 2 aromatic heterocycles. The summed E-state index contributed by atoms with van der Waals surface area (Å²) >= 11 is 4.46. The van der Waals surface area contributed by atoms with Crippen molar-refractivity contribution in [3.05, 3.63) is 28.3 Å². The third kappa shape index (κ3) is 3.87. The Kier molecular flexibility index (Phi) is 4.95. The molecule has 0 aliphatic rings. The van der Waals surface area contributed by atoms with Gasteiger partial charge in [0.15, 0.2) is 0 Å². The van der Waals surface area contributed by atoms with E-state index in [0.717, 1.165) is 3.79 Å². The van der Waals surface area contributed by atoms with E-state index < -0.39 is 10.0 Å². The Balaban J connectivity index is 2.15. The van der Waals surface area contributed by atoms with Gasteiger partial charge in [-0.2, -0.15) is 15.0 Å². The van der Waals surface area contributed by atoms with Gasteiger partial charge in [0.1, 0.15) is 4.21 Å². The lowest BCUT2D eigenvalue weighted by Gasteiger charge is -2.21. The molecule has 2 rings (SSSR count). The molecule has 2 heterocycles. The highest BCUT2D eigenvalue weighted by Gasteiger charge is 2.24. The number of nitrogens with one attached hydrogen (secondary N) is 1. The molecule has 110 valence electrons. The van der Waals surface area contributed by atoms with Crippen molar-refractivity contribution in [1.82, 2.24) is 19.7 Å². The van der Waals surface area contributed by atoms with E-state index in [-0.39, 0.29) is 12.0 Å². The van der Waals surface area contributed by atoms with E-state index in [9.17, 15) is 8.42 Å². The number of nitrogens with zero attached hydrogens (tertiary/aromatic N) is 3. The largest absolute Gasteiger partial charge is 0.250 e. The zero-order valence-electron chi connectivity index (χ0n) is 11.0.